The first-order valence-electron chi connectivity index (χ1n) is 6.52. The lowest BCUT2D eigenvalue weighted by Crippen LogP contribution is -2.08. The van der Waals surface area contributed by atoms with Crippen LogP contribution in [0.15, 0.2) is 40.1 Å². The van der Waals surface area contributed by atoms with E-state index in [1.807, 2.05) is 11.4 Å². The van der Waals surface area contributed by atoms with Crippen LogP contribution in [-0.4, -0.2) is 9.91 Å². The fourth-order valence-electron chi connectivity index (χ4n) is 2.10. The molecule has 1 unspecified atom stereocenters. The van der Waals surface area contributed by atoms with E-state index in [0.717, 1.165) is 6.42 Å². The van der Waals surface area contributed by atoms with E-state index in [0.29, 0.717) is 17.1 Å². The summed E-state index contributed by atoms with van der Waals surface area (Å²) in [6.07, 6.45) is 0.888. The van der Waals surface area contributed by atoms with Gasteiger partial charge in [-0.3, -0.25) is 10.1 Å². The van der Waals surface area contributed by atoms with Crippen LogP contribution in [0.4, 0.5) is 11.7 Å². The van der Waals surface area contributed by atoms with Gasteiger partial charge in [-0.1, -0.05) is 13.0 Å². The summed E-state index contributed by atoms with van der Waals surface area (Å²) in [5.41, 5.74) is 1.02. The summed E-state index contributed by atoms with van der Waals surface area (Å²) >= 11 is 1.67. The Labute approximate surface area is 124 Å². The van der Waals surface area contributed by atoms with Crippen molar-refractivity contribution in [3.05, 3.63) is 50.7 Å². The first-order chi connectivity index (χ1) is 10.2. The highest BCUT2D eigenvalue weighted by molar-refractivity contribution is 7.10. The van der Waals surface area contributed by atoms with E-state index in [1.54, 1.807) is 17.4 Å². The number of thiophene rings is 1. The first-order valence-corrected chi connectivity index (χ1v) is 7.40. The summed E-state index contributed by atoms with van der Waals surface area (Å²) in [7, 11) is 0. The zero-order valence-corrected chi connectivity index (χ0v) is 12.1. The standard InChI is InChI=1S/C14H13N3O3S/c1-2-10(13-4-3-7-21-13)15-14-16-11-8-9(17(18)19)5-6-12(11)20-14/h3-8,10H,2H2,1H3,(H,15,16). The third-order valence-electron chi connectivity index (χ3n) is 3.17. The summed E-state index contributed by atoms with van der Waals surface area (Å²) in [5, 5.41) is 16.0. The highest BCUT2D eigenvalue weighted by atomic mass is 32.1. The third kappa shape index (κ3) is 2.73. The minimum atomic E-state index is -0.443. The normalized spacial score (nSPS) is 12.4. The van der Waals surface area contributed by atoms with Gasteiger partial charge >= 0.3 is 0 Å². The molecule has 21 heavy (non-hydrogen) atoms. The van der Waals surface area contributed by atoms with Gasteiger partial charge in [-0.25, -0.2) is 0 Å². The molecule has 3 aromatic rings. The Balaban J connectivity index is 1.88. The Morgan fingerprint density at radius 3 is 3.00 bits per heavy atom. The second kappa shape index (κ2) is 5.53. The van der Waals surface area contributed by atoms with Gasteiger partial charge in [-0.05, 0) is 23.9 Å². The number of nitro benzene ring substituents is 1. The van der Waals surface area contributed by atoms with Crippen molar-refractivity contribution in [2.24, 2.45) is 0 Å². The van der Waals surface area contributed by atoms with E-state index in [4.69, 9.17) is 4.42 Å². The molecule has 0 aliphatic rings. The second-order valence-corrected chi connectivity index (χ2v) is 5.53. The number of hydrogen-bond acceptors (Lipinski definition) is 6. The maximum atomic E-state index is 10.8. The molecule has 7 heteroatoms. The van der Waals surface area contributed by atoms with Crippen molar-refractivity contribution in [2.75, 3.05) is 5.32 Å². The number of rotatable bonds is 5. The highest BCUT2D eigenvalue weighted by Crippen LogP contribution is 2.28. The maximum Gasteiger partial charge on any atom is 0.296 e. The molecule has 0 saturated carbocycles. The molecule has 1 aromatic carbocycles. The fourth-order valence-corrected chi connectivity index (χ4v) is 2.97. The van der Waals surface area contributed by atoms with Crippen molar-refractivity contribution in [2.45, 2.75) is 19.4 Å². The number of benzene rings is 1. The fraction of sp³-hybridized carbons (Fsp3) is 0.214. The smallest absolute Gasteiger partial charge is 0.296 e. The summed E-state index contributed by atoms with van der Waals surface area (Å²) in [6.45, 7) is 2.07. The lowest BCUT2D eigenvalue weighted by Gasteiger charge is -2.13. The Bertz CT molecular complexity index is 767. The molecule has 1 N–H and O–H groups in total. The van der Waals surface area contributed by atoms with Crippen LogP contribution in [0.1, 0.15) is 24.3 Å². The van der Waals surface area contributed by atoms with Gasteiger partial charge in [0.1, 0.15) is 5.52 Å². The van der Waals surface area contributed by atoms with Crippen LogP contribution in [0.2, 0.25) is 0 Å². The van der Waals surface area contributed by atoms with Crippen LogP contribution in [0.3, 0.4) is 0 Å². The number of nitrogens with one attached hydrogen (secondary N) is 1. The number of non-ortho nitro benzene ring substituents is 1. The number of aromatic nitrogens is 1. The van der Waals surface area contributed by atoms with Crippen molar-refractivity contribution in [3.63, 3.8) is 0 Å². The van der Waals surface area contributed by atoms with E-state index < -0.39 is 4.92 Å². The summed E-state index contributed by atoms with van der Waals surface area (Å²) in [6, 6.07) is 8.94. The second-order valence-electron chi connectivity index (χ2n) is 4.55. The number of oxazole rings is 1. The molecule has 0 amide bonds. The van der Waals surface area contributed by atoms with Gasteiger partial charge in [-0.15, -0.1) is 11.3 Å². The minimum Gasteiger partial charge on any atom is -0.424 e. The lowest BCUT2D eigenvalue weighted by atomic mass is 10.2. The van der Waals surface area contributed by atoms with Gasteiger partial charge in [0.15, 0.2) is 5.58 Å². The molecule has 0 bridgehead atoms. The van der Waals surface area contributed by atoms with Crippen molar-refractivity contribution in [1.82, 2.24) is 4.98 Å². The Hall–Kier alpha value is -2.41. The van der Waals surface area contributed by atoms with Crippen LogP contribution < -0.4 is 5.32 Å². The zero-order valence-electron chi connectivity index (χ0n) is 11.3. The molecule has 0 fully saturated rings. The van der Waals surface area contributed by atoms with E-state index in [-0.39, 0.29) is 11.7 Å². The van der Waals surface area contributed by atoms with Gasteiger partial charge in [-0.2, -0.15) is 4.98 Å². The number of anilines is 1. The van der Waals surface area contributed by atoms with Crippen LogP contribution in [0.25, 0.3) is 11.1 Å². The summed E-state index contributed by atoms with van der Waals surface area (Å²) in [4.78, 5) is 15.8. The average molecular weight is 303 g/mol. The van der Waals surface area contributed by atoms with Crippen molar-refractivity contribution >= 4 is 34.1 Å². The molecule has 3 rings (SSSR count). The molecule has 0 saturated heterocycles. The van der Waals surface area contributed by atoms with Crippen LogP contribution in [-0.2, 0) is 0 Å². The predicted octanol–water partition coefficient (Wildman–Crippen LogP) is 4.36. The lowest BCUT2D eigenvalue weighted by molar-refractivity contribution is -0.384. The number of hydrogen-bond donors (Lipinski definition) is 1. The van der Waals surface area contributed by atoms with Crippen LogP contribution in [0, 0.1) is 10.1 Å². The summed E-state index contributed by atoms with van der Waals surface area (Å²) < 4.78 is 5.59. The van der Waals surface area contributed by atoms with E-state index in [1.165, 1.54) is 17.0 Å². The van der Waals surface area contributed by atoms with E-state index >= 15 is 0 Å². The zero-order chi connectivity index (χ0) is 14.8. The number of nitrogens with zero attached hydrogens (tertiary/aromatic N) is 2. The largest absolute Gasteiger partial charge is 0.424 e. The molecule has 0 radical (unpaired) electrons. The number of nitro groups is 1. The quantitative estimate of drug-likeness (QED) is 0.559. The van der Waals surface area contributed by atoms with Gasteiger partial charge in [0.2, 0.25) is 0 Å². The molecule has 1 atom stereocenters. The monoisotopic (exact) mass is 303 g/mol. The van der Waals surface area contributed by atoms with E-state index in [9.17, 15) is 10.1 Å². The Morgan fingerprint density at radius 2 is 2.33 bits per heavy atom. The van der Waals surface area contributed by atoms with Gasteiger partial charge in [0.25, 0.3) is 11.7 Å². The average Bonchev–Trinajstić information content (AvgIpc) is 3.12. The Morgan fingerprint density at radius 1 is 1.48 bits per heavy atom. The van der Waals surface area contributed by atoms with Crippen LogP contribution in [0.5, 0.6) is 0 Å². The Kier molecular flexibility index (Phi) is 3.57. The molecular weight excluding hydrogens is 290 g/mol. The first kappa shape index (κ1) is 13.6. The SMILES string of the molecule is CCC(Nc1nc2cc([N+](=O)[O-])ccc2o1)c1cccs1. The maximum absolute atomic E-state index is 10.8. The molecule has 6 nitrogen and oxygen atoms in total. The van der Waals surface area contributed by atoms with Gasteiger partial charge < -0.3 is 9.73 Å². The molecule has 108 valence electrons. The topological polar surface area (TPSA) is 81.2 Å². The van der Waals surface area contributed by atoms with Crippen LogP contribution >= 0.6 is 11.3 Å². The van der Waals surface area contributed by atoms with E-state index in [2.05, 4.69) is 23.3 Å². The van der Waals surface area contributed by atoms with Gasteiger partial charge in [0, 0.05) is 17.0 Å². The summed E-state index contributed by atoms with van der Waals surface area (Å²) in [5.74, 6) is 0. The molecule has 0 spiro atoms. The van der Waals surface area contributed by atoms with Crippen molar-refractivity contribution < 1.29 is 9.34 Å². The van der Waals surface area contributed by atoms with Crippen molar-refractivity contribution in [3.8, 4) is 0 Å². The third-order valence-corrected chi connectivity index (χ3v) is 4.16. The highest BCUT2D eigenvalue weighted by Gasteiger charge is 2.15. The molecule has 0 aliphatic heterocycles. The number of fused-ring (bicyclic) bond motifs is 1. The van der Waals surface area contributed by atoms with Gasteiger partial charge in [0.05, 0.1) is 11.0 Å². The molecular formula is C14H13N3O3S. The molecule has 2 aromatic heterocycles. The molecule has 0 aliphatic carbocycles. The molecule has 2 heterocycles. The van der Waals surface area contributed by atoms with Crippen molar-refractivity contribution in [1.29, 1.82) is 0 Å². The minimum absolute atomic E-state index is 0.00708. The predicted molar refractivity (Wildman–Crippen MR) is 81.6 cm³/mol.